The fourth-order valence-electron chi connectivity index (χ4n) is 3.07. The van der Waals surface area contributed by atoms with Crippen LogP contribution in [0.15, 0.2) is 59.2 Å². The Bertz CT molecular complexity index is 1150. The summed E-state index contributed by atoms with van der Waals surface area (Å²) in [6.07, 6.45) is 1.73. The molecule has 29 heavy (non-hydrogen) atoms. The quantitative estimate of drug-likeness (QED) is 0.455. The van der Waals surface area contributed by atoms with Crippen LogP contribution in [0.2, 0.25) is 0 Å². The van der Waals surface area contributed by atoms with E-state index in [9.17, 15) is 4.79 Å². The first-order valence-electron chi connectivity index (χ1n) is 9.11. The highest BCUT2D eigenvalue weighted by Gasteiger charge is 2.21. The van der Waals surface area contributed by atoms with Gasteiger partial charge >= 0.3 is 0 Å². The monoisotopic (exact) mass is 469 g/mol. The number of carbonyl (C=O) groups is 1. The van der Waals surface area contributed by atoms with E-state index in [0.717, 1.165) is 32.1 Å². The van der Waals surface area contributed by atoms with Gasteiger partial charge in [-0.15, -0.1) is 11.3 Å². The van der Waals surface area contributed by atoms with Gasteiger partial charge in [-0.05, 0) is 49.4 Å². The van der Waals surface area contributed by atoms with E-state index in [4.69, 9.17) is 4.98 Å². The molecule has 8 heteroatoms. The second-order valence-corrected chi connectivity index (χ2v) is 8.82. The summed E-state index contributed by atoms with van der Waals surface area (Å²) in [5.41, 5.74) is 2.63. The van der Waals surface area contributed by atoms with Crippen LogP contribution in [-0.4, -0.2) is 34.5 Å². The van der Waals surface area contributed by atoms with Crippen molar-refractivity contribution in [2.24, 2.45) is 0 Å². The highest BCUT2D eigenvalue weighted by molar-refractivity contribution is 9.10. The third-order valence-electron chi connectivity index (χ3n) is 4.50. The number of pyridine rings is 1. The second kappa shape index (κ2) is 7.96. The Kier molecular flexibility index (Phi) is 5.38. The van der Waals surface area contributed by atoms with E-state index in [1.54, 1.807) is 6.20 Å². The minimum Gasteiger partial charge on any atom is -0.348 e. The van der Waals surface area contributed by atoms with Gasteiger partial charge in [0.2, 0.25) is 5.95 Å². The summed E-state index contributed by atoms with van der Waals surface area (Å²) >= 11 is 4.92. The summed E-state index contributed by atoms with van der Waals surface area (Å²) < 4.78 is 3.09. The second-order valence-electron chi connectivity index (χ2n) is 6.87. The molecule has 0 aliphatic heterocycles. The minimum atomic E-state index is -0.177. The molecule has 0 bridgehead atoms. The first-order chi connectivity index (χ1) is 13.9. The van der Waals surface area contributed by atoms with Crippen molar-refractivity contribution in [3.8, 4) is 5.69 Å². The van der Waals surface area contributed by atoms with Crippen molar-refractivity contribution in [1.82, 2.24) is 19.9 Å². The van der Waals surface area contributed by atoms with Crippen LogP contribution in [0.3, 0.4) is 0 Å². The van der Waals surface area contributed by atoms with Crippen LogP contribution >= 0.6 is 27.3 Å². The van der Waals surface area contributed by atoms with Crippen molar-refractivity contribution in [2.75, 3.05) is 19.0 Å². The summed E-state index contributed by atoms with van der Waals surface area (Å²) in [7, 11) is 3.92. The van der Waals surface area contributed by atoms with Crippen LogP contribution in [-0.2, 0) is 0 Å². The molecule has 148 valence electrons. The number of amides is 1. The Hall–Kier alpha value is -2.71. The zero-order valence-electron chi connectivity index (χ0n) is 16.3. The predicted molar refractivity (Wildman–Crippen MR) is 121 cm³/mol. The molecule has 1 atom stereocenters. The standard InChI is InChI=1S/C21H20BrN5OS/c1-13(16-6-4-5-11-23-16)24-19(28)18-12-17-20(29-18)27(21(25-17)26(2)3)15-9-7-14(22)8-10-15/h4-13H,1-3H3,(H,24,28)/t13-/m0/s1. The first-order valence-corrected chi connectivity index (χ1v) is 10.7. The van der Waals surface area contributed by atoms with Crippen molar-refractivity contribution in [1.29, 1.82) is 0 Å². The Morgan fingerprint density at radius 2 is 1.97 bits per heavy atom. The van der Waals surface area contributed by atoms with Crippen molar-refractivity contribution < 1.29 is 4.79 Å². The normalized spacial score (nSPS) is 12.1. The topological polar surface area (TPSA) is 63.1 Å². The van der Waals surface area contributed by atoms with Gasteiger partial charge in [0.05, 0.1) is 16.6 Å². The van der Waals surface area contributed by atoms with Crippen LogP contribution < -0.4 is 10.2 Å². The van der Waals surface area contributed by atoms with Crippen LogP contribution in [0, 0.1) is 0 Å². The number of thiophene rings is 1. The maximum atomic E-state index is 12.8. The molecule has 0 fully saturated rings. The SMILES string of the molecule is C[C@H](NC(=O)c1cc2nc(N(C)C)n(-c3ccc(Br)cc3)c2s1)c1ccccn1. The number of benzene rings is 1. The number of nitrogens with one attached hydrogen (secondary N) is 1. The lowest BCUT2D eigenvalue weighted by Crippen LogP contribution is -2.26. The fourth-order valence-corrected chi connectivity index (χ4v) is 4.35. The van der Waals surface area contributed by atoms with Gasteiger partial charge in [0, 0.05) is 30.5 Å². The van der Waals surface area contributed by atoms with Gasteiger partial charge in [-0.3, -0.25) is 14.3 Å². The lowest BCUT2D eigenvalue weighted by molar-refractivity contribution is 0.0943. The van der Waals surface area contributed by atoms with Gasteiger partial charge in [-0.25, -0.2) is 4.98 Å². The Morgan fingerprint density at radius 3 is 2.62 bits per heavy atom. The molecule has 0 aliphatic rings. The van der Waals surface area contributed by atoms with E-state index < -0.39 is 0 Å². The Labute approximate surface area is 181 Å². The number of aromatic nitrogens is 3. The molecule has 1 amide bonds. The minimum absolute atomic E-state index is 0.125. The number of hydrogen-bond acceptors (Lipinski definition) is 5. The zero-order chi connectivity index (χ0) is 20.5. The molecule has 3 heterocycles. The summed E-state index contributed by atoms with van der Waals surface area (Å²) in [5, 5.41) is 3.02. The van der Waals surface area contributed by atoms with E-state index in [1.807, 2.05) is 74.4 Å². The van der Waals surface area contributed by atoms with Gasteiger partial charge < -0.3 is 10.2 Å². The van der Waals surface area contributed by atoms with Gasteiger partial charge in [-0.2, -0.15) is 0 Å². The number of halogens is 1. The molecule has 1 N–H and O–H groups in total. The molecule has 0 unspecified atom stereocenters. The summed E-state index contributed by atoms with van der Waals surface area (Å²) in [4.78, 5) is 25.4. The van der Waals surface area contributed by atoms with Crippen LogP contribution in [0.25, 0.3) is 16.0 Å². The number of rotatable bonds is 5. The highest BCUT2D eigenvalue weighted by atomic mass is 79.9. The number of nitrogens with zero attached hydrogens (tertiary/aromatic N) is 4. The van der Waals surface area contributed by atoms with Crippen LogP contribution in [0.1, 0.15) is 28.3 Å². The lowest BCUT2D eigenvalue weighted by atomic mass is 10.2. The lowest BCUT2D eigenvalue weighted by Gasteiger charge is -2.15. The van der Waals surface area contributed by atoms with Crippen molar-refractivity contribution in [3.05, 3.63) is 69.8 Å². The average Bonchev–Trinajstić information content (AvgIpc) is 3.27. The van der Waals surface area contributed by atoms with Crippen molar-refractivity contribution in [2.45, 2.75) is 13.0 Å². The molecule has 0 spiro atoms. The van der Waals surface area contributed by atoms with E-state index in [1.165, 1.54) is 11.3 Å². The Balaban J connectivity index is 1.69. The predicted octanol–water partition coefficient (Wildman–Crippen LogP) is 4.80. The first kappa shape index (κ1) is 19.6. The van der Waals surface area contributed by atoms with E-state index in [-0.39, 0.29) is 11.9 Å². The van der Waals surface area contributed by atoms with Crippen LogP contribution in [0.4, 0.5) is 5.95 Å². The number of imidazole rings is 1. The third-order valence-corrected chi connectivity index (χ3v) is 6.14. The fraction of sp³-hybridized carbons (Fsp3) is 0.190. The molecule has 0 radical (unpaired) electrons. The number of anilines is 1. The third kappa shape index (κ3) is 3.90. The molecule has 1 aromatic carbocycles. The van der Waals surface area contributed by atoms with Crippen molar-refractivity contribution in [3.63, 3.8) is 0 Å². The molecule has 6 nitrogen and oxygen atoms in total. The van der Waals surface area contributed by atoms with E-state index >= 15 is 0 Å². The Morgan fingerprint density at radius 1 is 1.21 bits per heavy atom. The smallest absolute Gasteiger partial charge is 0.262 e. The number of hydrogen-bond donors (Lipinski definition) is 1. The summed E-state index contributed by atoms with van der Waals surface area (Å²) in [6, 6.07) is 15.4. The maximum Gasteiger partial charge on any atom is 0.262 e. The van der Waals surface area contributed by atoms with Gasteiger partial charge in [-0.1, -0.05) is 22.0 Å². The molecular weight excluding hydrogens is 450 g/mol. The number of carbonyl (C=O) groups excluding carboxylic acids is 1. The van der Waals surface area contributed by atoms with E-state index in [0.29, 0.717) is 4.88 Å². The number of fused-ring (bicyclic) bond motifs is 1. The molecule has 4 rings (SSSR count). The van der Waals surface area contributed by atoms with Crippen LogP contribution in [0.5, 0.6) is 0 Å². The highest BCUT2D eigenvalue weighted by Crippen LogP contribution is 2.33. The molecule has 0 saturated heterocycles. The van der Waals surface area contributed by atoms with Gasteiger partial charge in [0.15, 0.2) is 0 Å². The average molecular weight is 470 g/mol. The van der Waals surface area contributed by atoms with Gasteiger partial charge in [0.1, 0.15) is 10.3 Å². The summed E-state index contributed by atoms with van der Waals surface area (Å²) in [5.74, 6) is 0.697. The molecule has 4 aromatic rings. The zero-order valence-corrected chi connectivity index (χ0v) is 18.7. The van der Waals surface area contributed by atoms with Gasteiger partial charge in [0.25, 0.3) is 5.91 Å². The molecular formula is C21H20BrN5OS. The molecule has 0 saturated carbocycles. The molecule has 0 aliphatic carbocycles. The maximum absolute atomic E-state index is 12.8. The van der Waals surface area contributed by atoms with Crippen molar-refractivity contribution >= 4 is 49.5 Å². The van der Waals surface area contributed by atoms with E-state index in [2.05, 4.69) is 30.8 Å². The molecule has 3 aromatic heterocycles. The summed E-state index contributed by atoms with van der Waals surface area (Å²) in [6.45, 7) is 1.93. The largest absolute Gasteiger partial charge is 0.348 e.